The molecule has 0 spiro atoms. The number of carboxylic acid groups (broad SMARTS) is 1. The van der Waals surface area contributed by atoms with Crippen LogP contribution in [0, 0.1) is 0 Å². The van der Waals surface area contributed by atoms with Crippen molar-refractivity contribution in [2.75, 3.05) is 17.6 Å². The summed E-state index contributed by atoms with van der Waals surface area (Å²) in [6, 6.07) is 6.86. The van der Waals surface area contributed by atoms with Gasteiger partial charge >= 0.3 is 5.97 Å². The van der Waals surface area contributed by atoms with E-state index in [1.165, 1.54) is 6.07 Å². The number of aromatic nitrogens is 2. The van der Waals surface area contributed by atoms with Crippen LogP contribution in [0.15, 0.2) is 30.5 Å². The Morgan fingerprint density at radius 3 is 2.89 bits per heavy atom. The van der Waals surface area contributed by atoms with Crippen LogP contribution >= 0.6 is 0 Å². The van der Waals surface area contributed by atoms with Crippen molar-refractivity contribution in [2.45, 2.75) is 6.42 Å². The number of para-hydroxylation sites is 1. The summed E-state index contributed by atoms with van der Waals surface area (Å²) in [7, 11) is 1.87. The van der Waals surface area contributed by atoms with Gasteiger partial charge in [-0.2, -0.15) is 5.10 Å². The van der Waals surface area contributed by atoms with E-state index in [1.807, 2.05) is 19.3 Å². The third-order valence-electron chi connectivity index (χ3n) is 2.80. The van der Waals surface area contributed by atoms with Crippen molar-refractivity contribution < 1.29 is 9.90 Å². The molecule has 0 aliphatic carbocycles. The average Bonchev–Trinajstić information content (AvgIpc) is 2.77. The van der Waals surface area contributed by atoms with E-state index in [0.29, 0.717) is 12.2 Å². The molecule has 0 atom stereocenters. The van der Waals surface area contributed by atoms with Crippen molar-refractivity contribution in [3.8, 4) is 0 Å². The van der Waals surface area contributed by atoms with Gasteiger partial charge in [0.2, 0.25) is 0 Å². The molecule has 0 radical (unpaired) electrons. The highest BCUT2D eigenvalue weighted by atomic mass is 16.4. The van der Waals surface area contributed by atoms with E-state index in [-0.39, 0.29) is 11.3 Å². The Morgan fingerprint density at radius 2 is 2.26 bits per heavy atom. The zero-order valence-corrected chi connectivity index (χ0v) is 10.6. The van der Waals surface area contributed by atoms with Gasteiger partial charge in [0.15, 0.2) is 0 Å². The predicted octanol–water partition coefficient (Wildman–Crippen LogP) is 1.36. The molecule has 19 heavy (non-hydrogen) atoms. The lowest BCUT2D eigenvalue weighted by Crippen LogP contribution is -2.10. The Kier molecular flexibility index (Phi) is 3.70. The number of benzene rings is 1. The fourth-order valence-corrected chi connectivity index (χ4v) is 1.83. The topological polar surface area (TPSA) is 93.2 Å². The maximum absolute atomic E-state index is 11.0. The van der Waals surface area contributed by atoms with E-state index in [2.05, 4.69) is 10.4 Å². The number of nitrogen functional groups attached to an aromatic ring is 1. The molecule has 0 aliphatic rings. The molecule has 6 heteroatoms. The molecule has 0 bridgehead atoms. The van der Waals surface area contributed by atoms with Gasteiger partial charge in [0.05, 0.1) is 22.6 Å². The molecule has 4 N–H and O–H groups in total. The summed E-state index contributed by atoms with van der Waals surface area (Å²) in [5.41, 5.74) is 7.79. The largest absolute Gasteiger partial charge is 0.478 e. The molecular weight excluding hydrogens is 244 g/mol. The number of anilines is 2. The minimum absolute atomic E-state index is 0.114. The molecular formula is C13H16N4O2. The Balaban J connectivity index is 2.00. The number of carboxylic acids is 1. The average molecular weight is 260 g/mol. The molecule has 0 saturated heterocycles. The van der Waals surface area contributed by atoms with Gasteiger partial charge in [-0.25, -0.2) is 4.79 Å². The van der Waals surface area contributed by atoms with Crippen LogP contribution in [-0.2, 0) is 13.5 Å². The predicted molar refractivity (Wildman–Crippen MR) is 73.2 cm³/mol. The van der Waals surface area contributed by atoms with Crippen LogP contribution in [0.5, 0.6) is 0 Å². The second kappa shape index (κ2) is 5.43. The van der Waals surface area contributed by atoms with Gasteiger partial charge in [-0.05, 0) is 18.2 Å². The molecule has 0 amide bonds. The molecule has 6 nitrogen and oxygen atoms in total. The van der Waals surface area contributed by atoms with Gasteiger partial charge in [0, 0.05) is 26.2 Å². The zero-order chi connectivity index (χ0) is 13.8. The third-order valence-corrected chi connectivity index (χ3v) is 2.80. The molecule has 1 aromatic heterocycles. The lowest BCUT2D eigenvalue weighted by molar-refractivity contribution is 0.0698. The Bertz CT molecular complexity index is 592. The van der Waals surface area contributed by atoms with Crippen molar-refractivity contribution in [1.29, 1.82) is 0 Å². The van der Waals surface area contributed by atoms with E-state index in [0.717, 1.165) is 12.1 Å². The summed E-state index contributed by atoms with van der Waals surface area (Å²) in [5, 5.41) is 16.4. The first-order valence-electron chi connectivity index (χ1n) is 5.92. The smallest absolute Gasteiger partial charge is 0.337 e. The third kappa shape index (κ3) is 3.04. The van der Waals surface area contributed by atoms with E-state index in [1.54, 1.807) is 16.8 Å². The number of hydrogen-bond acceptors (Lipinski definition) is 4. The molecule has 0 unspecified atom stereocenters. The number of aryl methyl sites for hydroxylation is 1. The van der Waals surface area contributed by atoms with Crippen LogP contribution in [0.4, 0.5) is 11.4 Å². The van der Waals surface area contributed by atoms with Gasteiger partial charge in [-0.3, -0.25) is 4.68 Å². The summed E-state index contributed by atoms with van der Waals surface area (Å²) in [6.45, 7) is 0.643. The second-order valence-corrected chi connectivity index (χ2v) is 4.23. The maximum Gasteiger partial charge on any atom is 0.337 e. The summed E-state index contributed by atoms with van der Waals surface area (Å²) >= 11 is 0. The first-order valence-corrected chi connectivity index (χ1v) is 5.92. The van der Waals surface area contributed by atoms with Crippen LogP contribution in [0.3, 0.4) is 0 Å². The summed E-state index contributed by atoms with van der Waals surface area (Å²) in [4.78, 5) is 11.0. The first kappa shape index (κ1) is 12.9. The first-order chi connectivity index (χ1) is 9.08. The van der Waals surface area contributed by atoms with E-state index >= 15 is 0 Å². The number of nitrogens with one attached hydrogen (secondary N) is 1. The zero-order valence-electron chi connectivity index (χ0n) is 10.6. The Hall–Kier alpha value is -2.50. The van der Waals surface area contributed by atoms with Crippen molar-refractivity contribution in [2.24, 2.45) is 7.05 Å². The molecule has 0 saturated carbocycles. The number of aromatic carboxylic acids is 1. The van der Waals surface area contributed by atoms with Gasteiger partial charge in [0.1, 0.15) is 0 Å². The SMILES string of the molecule is Cn1ccc(CCNc2cccc(C(=O)O)c2N)n1. The van der Waals surface area contributed by atoms with Crippen LogP contribution in [-0.4, -0.2) is 27.4 Å². The minimum atomic E-state index is -1.02. The minimum Gasteiger partial charge on any atom is -0.478 e. The van der Waals surface area contributed by atoms with Crippen molar-refractivity contribution in [1.82, 2.24) is 9.78 Å². The lowest BCUT2D eigenvalue weighted by atomic mass is 10.1. The molecule has 2 rings (SSSR count). The molecule has 2 aromatic rings. The standard InChI is InChI=1S/C13H16N4O2/c1-17-8-6-9(16-17)5-7-15-11-4-2-3-10(12(11)14)13(18)19/h2-4,6,8,15H,5,7,14H2,1H3,(H,18,19). The van der Waals surface area contributed by atoms with Gasteiger partial charge in [0.25, 0.3) is 0 Å². The molecule has 100 valence electrons. The van der Waals surface area contributed by atoms with E-state index < -0.39 is 5.97 Å². The van der Waals surface area contributed by atoms with Crippen LogP contribution in [0.2, 0.25) is 0 Å². The summed E-state index contributed by atoms with van der Waals surface area (Å²) in [6.07, 6.45) is 2.63. The molecule has 0 aliphatic heterocycles. The number of carbonyl (C=O) groups is 1. The maximum atomic E-state index is 11.0. The van der Waals surface area contributed by atoms with Gasteiger partial charge in [-0.15, -0.1) is 0 Å². The van der Waals surface area contributed by atoms with Crippen molar-refractivity contribution in [3.05, 3.63) is 41.7 Å². The Morgan fingerprint density at radius 1 is 1.47 bits per heavy atom. The van der Waals surface area contributed by atoms with Crippen molar-refractivity contribution >= 4 is 17.3 Å². The number of nitrogens with zero attached hydrogens (tertiary/aromatic N) is 2. The Labute approximate surface area is 110 Å². The van der Waals surface area contributed by atoms with Crippen LogP contribution in [0.25, 0.3) is 0 Å². The highest BCUT2D eigenvalue weighted by Gasteiger charge is 2.10. The van der Waals surface area contributed by atoms with E-state index in [9.17, 15) is 4.79 Å². The van der Waals surface area contributed by atoms with Gasteiger partial charge < -0.3 is 16.2 Å². The lowest BCUT2D eigenvalue weighted by Gasteiger charge is -2.10. The fraction of sp³-hybridized carbons (Fsp3) is 0.231. The summed E-state index contributed by atoms with van der Waals surface area (Å²) in [5.74, 6) is -1.02. The van der Waals surface area contributed by atoms with Crippen LogP contribution in [0.1, 0.15) is 16.1 Å². The highest BCUT2D eigenvalue weighted by molar-refractivity contribution is 5.97. The van der Waals surface area contributed by atoms with Gasteiger partial charge in [-0.1, -0.05) is 6.07 Å². The molecule has 1 aromatic carbocycles. The quantitative estimate of drug-likeness (QED) is 0.706. The number of rotatable bonds is 5. The number of hydrogen-bond donors (Lipinski definition) is 3. The number of nitrogens with two attached hydrogens (primary N) is 1. The van der Waals surface area contributed by atoms with Crippen LogP contribution < -0.4 is 11.1 Å². The van der Waals surface area contributed by atoms with E-state index in [4.69, 9.17) is 10.8 Å². The normalized spacial score (nSPS) is 10.4. The molecule has 1 heterocycles. The highest BCUT2D eigenvalue weighted by Crippen LogP contribution is 2.22. The fourth-order valence-electron chi connectivity index (χ4n) is 1.83. The molecule has 0 fully saturated rings. The second-order valence-electron chi connectivity index (χ2n) is 4.23. The van der Waals surface area contributed by atoms with Crippen molar-refractivity contribution in [3.63, 3.8) is 0 Å². The monoisotopic (exact) mass is 260 g/mol. The summed E-state index contributed by atoms with van der Waals surface area (Å²) < 4.78 is 1.74.